The fourth-order valence-electron chi connectivity index (χ4n) is 3.40. The van der Waals surface area contributed by atoms with Gasteiger partial charge in [0.2, 0.25) is 10.0 Å². The van der Waals surface area contributed by atoms with Crippen LogP contribution in [0.25, 0.3) is 0 Å². The number of carbonyl (C=O) groups is 2. The Labute approximate surface area is 185 Å². The summed E-state index contributed by atoms with van der Waals surface area (Å²) >= 11 is 5.93. The maximum Gasteiger partial charge on any atom is 0.321 e. The van der Waals surface area contributed by atoms with Crippen molar-refractivity contribution in [2.45, 2.75) is 17.9 Å². The van der Waals surface area contributed by atoms with Gasteiger partial charge in [0.05, 0.1) is 10.6 Å². The lowest BCUT2D eigenvalue weighted by molar-refractivity contribution is -0.122. The molecule has 0 saturated carbocycles. The molecule has 2 aliphatic rings. The van der Waals surface area contributed by atoms with Crippen LogP contribution in [-0.2, 0) is 14.8 Å². The van der Waals surface area contributed by atoms with E-state index in [1.807, 2.05) is 0 Å². The van der Waals surface area contributed by atoms with Crippen molar-refractivity contribution in [1.82, 2.24) is 9.21 Å². The Morgan fingerprint density at radius 1 is 1.16 bits per heavy atom. The van der Waals surface area contributed by atoms with Gasteiger partial charge in [0.15, 0.2) is 6.10 Å². The van der Waals surface area contributed by atoms with Crippen LogP contribution in [0.2, 0.25) is 5.02 Å². The minimum Gasteiger partial charge on any atom is -0.479 e. The number of carbonyl (C=O) groups excluding carboxylic acids is 2. The summed E-state index contributed by atoms with van der Waals surface area (Å²) in [5.74, 6) is 0.0925. The molecule has 0 aromatic heterocycles. The Bertz CT molecular complexity index is 1130. The van der Waals surface area contributed by atoms with Gasteiger partial charge in [-0.15, -0.1) is 0 Å². The number of fused-ring (bicyclic) bond motifs is 1. The van der Waals surface area contributed by atoms with E-state index in [2.05, 4.69) is 10.6 Å². The van der Waals surface area contributed by atoms with E-state index in [-0.39, 0.29) is 43.0 Å². The van der Waals surface area contributed by atoms with E-state index in [0.29, 0.717) is 22.1 Å². The molecule has 0 aliphatic carbocycles. The van der Waals surface area contributed by atoms with Gasteiger partial charge in [0, 0.05) is 36.9 Å². The van der Waals surface area contributed by atoms with Gasteiger partial charge in [-0.2, -0.15) is 4.31 Å². The molecule has 0 spiro atoms. The molecule has 4 rings (SSSR count). The number of benzene rings is 2. The van der Waals surface area contributed by atoms with E-state index >= 15 is 0 Å². The zero-order chi connectivity index (χ0) is 22.2. The van der Waals surface area contributed by atoms with Crippen LogP contribution in [-0.4, -0.2) is 61.8 Å². The first kappa shape index (κ1) is 21.4. The summed E-state index contributed by atoms with van der Waals surface area (Å²) in [4.78, 5) is 25.9. The van der Waals surface area contributed by atoms with E-state index in [9.17, 15) is 18.0 Å². The highest BCUT2D eigenvalue weighted by Crippen LogP contribution is 2.33. The van der Waals surface area contributed by atoms with Crippen molar-refractivity contribution in [2.75, 3.05) is 36.8 Å². The molecule has 11 heteroatoms. The fourth-order valence-corrected chi connectivity index (χ4v) is 5.04. The molecule has 2 aromatic carbocycles. The van der Waals surface area contributed by atoms with Crippen LogP contribution in [0.1, 0.15) is 6.92 Å². The van der Waals surface area contributed by atoms with E-state index in [1.54, 1.807) is 36.1 Å². The highest BCUT2D eigenvalue weighted by Gasteiger charge is 2.32. The first-order valence-electron chi connectivity index (χ1n) is 9.67. The van der Waals surface area contributed by atoms with Crippen LogP contribution in [0.4, 0.5) is 16.2 Å². The van der Waals surface area contributed by atoms with E-state index < -0.39 is 16.1 Å². The van der Waals surface area contributed by atoms with Crippen molar-refractivity contribution >= 4 is 44.9 Å². The smallest absolute Gasteiger partial charge is 0.321 e. The monoisotopic (exact) mass is 464 g/mol. The number of hydrogen-bond acceptors (Lipinski definition) is 5. The number of hydrogen-bond donors (Lipinski definition) is 2. The Hall–Kier alpha value is -2.82. The quantitative estimate of drug-likeness (QED) is 0.725. The lowest BCUT2D eigenvalue weighted by atomic mass is 10.2. The summed E-state index contributed by atoms with van der Waals surface area (Å²) in [7, 11) is -3.79. The average Bonchev–Trinajstić information content (AvgIpc) is 2.74. The lowest BCUT2D eigenvalue weighted by Gasteiger charge is -2.34. The number of anilines is 2. The molecule has 164 valence electrons. The average molecular weight is 465 g/mol. The second-order valence-corrected chi connectivity index (χ2v) is 9.61. The molecule has 9 nitrogen and oxygen atoms in total. The predicted octanol–water partition coefficient (Wildman–Crippen LogP) is 2.60. The molecule has 1 fully saturated rings. The van der Waals surface area contributed by atoms with E-state index in [1.165, 1.54) is 22.5 Å². The summed E-state index contributed by atoms with van der Waals surface area (Å²) < 4.78 is 32.9. The van der Waals surface area contributed by atoms with Crippen molar-refractivity contribution in [2.24, 2.45) is 0 Å². The minimum absolute atomic E-state index is 0.0570. The minimum atomic E-state index is -3.79. The number of amides is 3. The molecule has 2 N–H and O–H groups in total. The molecular formula is C20H21ClN4O5S. The lowest BCUT2D eigenvalue weighted by Crippen LogP contribution is -2.51. The second kappa shape index (κ2) is 8.37. The number of rotatable bonds is 3. The Morgan fingerprint density at radius 2 is 1.90 bits per heavy atom. The molecule has 1 unspecified atom stereocenters. The van der Waals surface area contributed by atoms with Gasteiger partial charge in [0.25, 0.3) is 5.91 Å². The fraction of sp³-hybridized carbons (Fsp3) is 0.300. The normalized spacial score (nSPS) is 19.2. The summed E-state index contributed by atoms with van der Waals surface area (Å²) in [6, 6.07) is 10.9. The maximum atomic E-state index is 13.1. The predicted molar refractivity (Wildman–Crippen MR) is 116 cm³/mol. The first-order chi connectivity index (χ1) is 14.7. The number of ether oxygens (including phenoxy) is 1. The van der Waals surface area contributed by atoms with Crippen LogP contribution in [0, 0.1) is 0 Å². The van der Waals surface area contributed by atoms with Crippen LogP contribution in [0.15, 0.2) is 47.4 Å². The highest BCUT2D eigenvalue weighted by molar-refractivity contribution is 7.89. The van der Waals surface area contributed by atoms with Crippen LogP contribution < -0.4 is 15.4 Å². The van der Waals surface area contributed by atoms with E-state index in [0.717, 1.165) is 0 Å². The molecule has 0 bridgehead atoms. The van der Waals surface area contributed by atoms with E-state index in [4.69, 9.17) is 16.3 Å². The highest BCUT2D eigenvalue weighted by atomic mass is 35.5. The third-order valence-corrected chi connectivity index (χ3v) is 7.25. The summed E-state index contributed by atoms with van der Waals surface area (Å²) in [5.41, 5.74) is 0.893. The van der Waals surface area contributed by atoms with Gasteiger partial charge in [-0.05, 0) is 43.3 Å². The Morgan fingerprint density at radius 3 is 2.61 bits per heavy atom. The molecule has 1 saturated heterocycles. The molecule has 2 aromatic rings. The largest absolute Gasteiger partial charge is 0.479 e. The third kappa shape index (κ3) is 4.46. The van der Waals surface area contributed by atoms with Gasteiger partial charge in [-0.25, -0.2) is 13.2 Å². The van der Waals surface area contributed by atoms with Crippen LogP contribution in [0.5, 0.6) is 5.75 Å². The molecule has 2 aliphatic heterocycles. The van der Waals surface area contributed by atoms with Crippen LogP contribution in [0.3, 0.4) is 0 Å². The van der Waals surface area contributed by atoms with Crippen molar-refractivity contribution in [3.63, 3.8) is 0 Å². The molecule has 1 atom stereocenters. The summed E-state index contributed by atoms with van der Waals surface area (Å²) in [5, 5.41) is 5.93. The molecule has 3 amide bonds. The van der Waals surface area contributed by atoms with Crippen molar-refractivity contribution < 1.29 is 22.7 Å². The van der Waals surface area contributed by atoms with Crippen molar-refractivity contribution in [3.05, 3.63) is 47.5 Å². The zero-order valence-corrected chi connectivity index (χ0v) is 18.2. The number of nitrogens with zero attached hydrogens (tertiary/aromatic N) is 2. The standard InChI is InChI=1S/C20H21ClN4O5S/c1-13-19(26)23-17-12-16(5-6-18(17)30-13)31(28,29)25-9-7-24(8-10-25)20(27)22-15-4-2-3-14(21)11-15/h2-6,11-13H,7-10H2,1H3,(H,22,27)(H,23,26). The molecule has 31 heavy (non-hydrogen) atoms. The third-order valence-electron chi connectivity index (χ3n) is 5.12. The zero-order valence-electron chi connectivity index (χ0n) is 16.7. The number of sulfonamides is 1. The summed E-state index contributed by atoms with van der Waals surface area (Å²) in [6.07, 6.45) is -0.638. The van der Waals surface area contributed by atoms with Gasteiger partial charge in [0.1, 0.15) is 5.75 Å². The maximum absolute atomic E-state index is 13.1. The topological polar surface area (TPSA) is 108 Å². The van der Waals surface area contributed by atoms with Gasteiger partial charge in [-0.1, -0.05) is 17.7 Å². The molecule has 0 radical (unpaired) electrons. The molecular weight excluding hydrogens is 444 g/mol. The first-order valence-corrected chi connectivity index (χ1v) is 11.5. The number of piperazine rings is 1. The van der Waals surface area contributed by atoms with Gasteiger partial charge < -0.3 is 20.3 Å². The van der Waals surface area contributed by atoms with Crippen LogP contribution >= 0.6 is 11.6 Å². The van der Waals surface area contributed by atoms with Gasteiger partial charge >= 0.3 is 6.03 Å². The molecule has 2 heterocycles. The van der Waals surface area contributed by atoms with Crippen molar-refractivity contribution in [1.29, 1.82) is 0 Å². The second-order valence-electron chi connectivity index (χ2n) is 7.24. The number of urea groups is 1. The summed E-state index contributed by atoms with van der Waals surface area (Å²) in [6.45, 7) is 2.41. The number of halogens is 1. The number of nitrogens with one attached hydrogen (secondary N) is 2. The SMILES string of the molecule is CC1Oc2ccc(S(=O)(=O)N3CCN(C(=O)Nc4cccc(Cl)c4)CC3)cc2NC1=O. The Balaban J connectivity index is 1.42. The van der Waals surface area contributed by atoms with Crippen molar-refractivity contribution in [3.8, 4) is 5.75 Å². The Kier molecular flexibility index (Phi) is 5.78. The van der Waals surface area contributed by atoms with Gasteiger partial charge in [-0.3, -0.25) is 4.79 Å².